The fourth-order valence-electron chi connectivity index (χ4n) is 2.69. The number of ether oxygens (including phenoxy) is 1. The van der Waals surface area contributed by atoms with E-state index >= 15 is 0 Å². The van der Waals surface area contributed by atoms with E-state index < -0.39 is 0 Å². The molecule has 0 saturated heterocycles. The first-order valence-corrected chi connectivity index (χ1v) is 7.80. The Kier molecular flexibility index (Phi) is 4.77. The zero-order chi connectivity index (χ0) is 16.9. The van der Waals surface area contributed by atoms with Gasteiger partial charge in [0.1, 0.15) is 12.4 Å². The predicted octanol–water partition coefficient (Wildman–Crippen LogP) is 1.84. The standard InChI is InChI=1S/C18H19N3O3/c19-8-9-24-13-5-3-4-12(10-13)18(23)21-16-11-17(22)20-15-7-2-1-6-14(15)16/h1-7,10,16H,8-9,11,19H2,(H,20,22)(H,21,23). The number of para-hydroxylation sites is 1. The number of carbonyl (C=O) groups is 2. The molecule has 0 radical (unpaired) electrons. The molecule has 1 aliphatic heterocycles. The van der Waals surface area contributed by atoms with Gasteiger partial charge in [0.05, 0.1) is 12.5 Å². The molecule has 0 saturated carbocycles. The lowest BCUT2D eigenvalue weighted by Crippen LogP contribution is -2.35. The lowest BCUT2D eigenvalue weighted by atomic mass is 9.97. The molecule has 0 aromatic heterocycles. The third kappa shape index (κ3) is 3.55. The fraction of sp³-hybridized carbons (Fsp3) is 0.222. The van der Waals surface area contributed by atoms with E-state index in [1.165, 1.54) is 0 Å². The van der Waals surface area contributed by atoms with Gasteiger partial charge in [-0.2, -0.15) is 0 Å². The fourth-order valence-corrected chi connectivity index (χ4v) is 2.69. The van der Waals surface area contributed by atoms with E-state index in [0.717, 1.165) is 11.3 Å². The number of nitrogens with one attached hydrogen (secondary N) is 2. The number of nitrogens with two attached hydrogens (primary N) is 1. The van der Waals surface area contributed by atoms with Crippen molar-refractivity contribution in [3.63, 3.8) is 0 Å². The second kappa shape index (κ2) is 7.14. The molecule has 2 aromatic carbocycles. The van der Waals surface area contributed by atoms with Crippen molar-refractivity contribution in [1.82, 2.24) is 5.32 Å². The molecule has 124 valence electrons. The minimum atomic E-state index is -0.351. The van der Waals surface area contributed by atoms with Gasteiger partial charge >= 0.3 is 0 Å². The van der Waals surface area contributed by atoms with Gasteiger partial charge in [-0.1, -0.05) is 24.3 Å². The summed E-state index contributed by atoms with van der Waals surface area (Å²) in [6.45, 7) is 0.797. The second-order valence-corrected chi connectivity index (χ2v) is 5.53. The van der Waals surface area contributed by atoms with Gasteiger partial charge < -0.3 is 21.1 Å². The lowest BCUT2D eigenvalue weighted by molar-refractivity contribution is -0.116. The number of amides is 2. The third-order valence-electron chi connectivity index (χ3n) is 3.79. The van der Waals surface area contributed by atoms with Gasteiger partial charge in [-0.15, -0.1) is 0 Å². The number of fused-ring (bicyclic) bond motifs is 1. The summed E-state index contributed by atoms with van der Waals surface area (Å²) in [5.74, 6) is 0.233. The van der Waals surface area contributed by atoms with Crippen LogP contribution in [0.25, 0.3) is 0 Å². The van der Waals surface area contributed by atoms with Crippen molar-refractivity contribution < 1.29 is 14.3 Å². The van der Waals surface area contributed by atoms with Crippen molar-refractivity contribution in [3.8, 4) is 5.75 Å². The first kappa shape index (κ1) is 16.0. The molecular weight excluding hydrogens is 306 g/mol. The number of hydrogen-bond donors (Lipinski definition) is 3. The van der Waals surface area contributed by atoms with Crippen molar-refractivity contribution in [2.24, 2.45) is 5.73 Å². The molecule has 2 amide bonds. The topological polar surface area (TPSA) is 93.4 Å². The highest BCUT2D eigenvalue weighted by Gasteiger charge is 2.26. The Morgan fingerprint density at radius 1 is 1.25 bits per heavy atom. The molecule has 1 heterocycles. The number of benzene rings is 2. The highest BCUT2D eigenvalue weighted by atomic mass is 16.5. The normalized spacial score (nSPS) is 16.0. The number of rotatable bonds is 5. The molecule has 6 heteroatoms. The summed E-state index contributed by atoms with van der Waals surface area (Å²) in [5, 5.41) is 5.74. The van der Waals surface area contributed by atoms with Crippen LogP contribution in [0.3, 0.4) is 0 Å². The Morgan fingerprint density at radius 2 is 2.08 bits per heavy atom. The first-order valence-electron chi connectivity index (χ1n) is 7.80. The molecule has 4 N–H and O–H groups in total. The van der Waals surface area contributed by atoms with E-state index in [-0.39, 0.29) is 24.3 Å². The van der Waals surface area contributed by atoms with Crippen LogP contribution < -0.4 is 21.1 Å². The maximum Gasteiger partial charge on any atom is 0.251 e. The summed E-state index contributed by atoms with van der Waals surface area (Å²) in [6.07, 6.45) is 0.214. The summed E-state index contributed by atoms with van der Waals surface area (Å²) in [5.41, 5.74) is 7.53. The molecule has 2 aromatic rings. The van der Waals surface area contributed by atoms with Crippen LogP contribution in [-0.4, -0.2) is 25.0 Å². The Bertz CT molecular complexity index is 761. The Hall–Kier alpha value is -2.86. The number of anilines is 1. The van der Waals surface area contributed by atoms with E-state index in [0.29, 0.717) is 24.5 Å². The van der Waals surface area contributed by atoms with E-state index in [4.69, 9.17) is 10.5 Å². The maximum atomic E-state index is 12.5. The summed E-state index contributed by atoms with van der Waals surface area (Å²) in [7, 11) is 0. The monoisotopic (exact) mass is 325 g/mol. The second-order valence-electron chi connectivity index (χ2n) is 5.53. The molecule has 6 nitrogen and oxygen atoms in total. The number of hydrogen-bond acceptors (Lipinski definition) is 4. The Balaban J connectivity index is 1.76. The molecule has 1 unspecified atom stereocenters. The Morgan fingerprint density at radius 3 is 2.92 bits per heavy atom. The van der Waals surface area contributed by atoms with Crippen LogP contribution in [0.4, 0.5) is 5.69 Å². The first-order chi connectivity index (χ1) is 11.7. The van der Waals surface area contributed by atoms with Crippen LogP contribution in [0.5, 0.6) is 5.75 Å². The van der Waals surface area contributed by atoms with Crippen molar-refractivity contribution in [2.75, 3.05) is 18.5 Å². The summed E-state index contributed by atoms with van der Waals surface area (Å²) >= 11 is 0. The van der Waals surface area contributed by atoms with Gasteiger partial charge in [-0.3, -0.25) is 9.59 Å². The molecule has 0 spiro atoms. The van der Waals surface area contributed by atoms with E-state index in [1.807, 2.05) is 24.3 Å². The highest BCUT2D eigenvalue weighted by molar-refractivity contribution is 5.98. The zero-order valence-electron chi connectivity index (χ0n) is 13.1. The van der Waals surface area contributed by atoms with Gasteiger partial charge in [0.25, 0.3) is 5.91 Å². The highest BCUT2D eigenvalue weighted by Crippen LogP contribution is 2.30. The van der Waals surface area contributed by atoms with Crippen LogP contribution in [0.1, 0.15) is 28.4 Å². The van der Waals surface area contributed by atoms with Crippen LogP contribution in [-0.2, 0) is 4.79 Å². The minimum Gasteiger partial charge on any atom is -0.492 e. The van der Waals surface area contributed by atoms with Crippen LogP contribution in [0, 0.1) is 0 Å². The molecule has 3 rings (SSSR count). The molecule has 1 atom stereocenters. The summed E-state index contributed by atoms with van der Waals surface area (Å²) in [6, 6.07) is 14.0. The molecule has 0 aliphatic carbocycles. The zero-order valence-corrected chi connectivity index (χ0v) is 13.1. The average Bonchev–Trinajstić information content (AvgIpc) is 2.60. The summed E-state index contributed by atoms with van der Waals surface area (Å²) < 4.78 is 5.44. The smallest absolute Gasteiger partial charge is 0.251 e. The SMILES string of the molecule is NCCOc1cccc(C(=O)NC2CC(=O)Nc3ccccc32)c1. The predicted molar refractivity (Wildman–Crippen MR) is 90.9 cm³/mol. The third-order valence-corrected chi connectivity index (χ3v) is 3.79. The van der Waals surface area contributed by atoms with Crippen molar-refractivity contribution >= 4 is 17.5 Å². The van der Waals surface area contributed by atoms with Gasteiger partial charge in [0.2, 0.25) is 5.91 Å². The van der Waals surface area contributed by atoms with Crippen LogP contribution in [0.2, 0.25) is 0 Å². The number of carbonyl (C=O) groups excluding carboxylic acids is 2. The molecular formula is C18H19N3O3. The molecule has 0 fully saturated rings. The maximum absolute atomic E-state index is 12.5. The van der Waals surface area contributed by atoms with Crippen molar-refractivity contribution in [3.05, 3.63) is 59.7 Å². The van der Waals surface area contributed by atoms with Gasteiger partial charge in [-0.25, -0.2) is 0 Å². The van der Waals surface area contributed by atoms with E-state index in [1.54, 1.807) is 24.3 Å². The largest absolute Gasteiger partial charge is 0.492 e. The van der Waals surface area contributed by atoms with E-state index in [2.05, 4.69) is 10.6 Å². The quantitative estimate of drug-likeness (QED) is 0.782. The average molecular weight is 325 g/mol. The van der Waals surface area contributed by atoms with Crippen LogP contribution >= 0.6 is 0 Å². The summed E-state index contributed by atoms with van der Waals surface area (Å²) in [4.78, 5) is 24.4. The van der Waals surface area contributed by atoms with Crippen molar-refractivity contribution in [2.45, 2.75) is 12.5 Å². The molecule has 1 aliphatic rings. The van der Waals surface area contributed by atoms with Gasteiger partial charge in [-0.05, 0) is 29.8 Å². The van der Waals surface area contributed by atoms with Gasteiger partial charge in [0.15, 0.2) is 0 Å². The molecule has 24 heavy (non-hydrogen) atoms. The molecule has 0 bridgehead atoms. The Labute approximate surface area is 140 Å². The van der Waals surface area contributed by atoms with E-state index in [9.17, 15) is 9.59 Å². The van der Waals surface area contributed by atoms with Crippen LogP contribution in [0.15, 0.2) is 48.5 Å². The van der Waals surface area contributed by atoms with Gasteiger partial charge in [0, 0.05) is 17.8 Å². The lowest BCUT2D eigenvalue weighted by Gasteiger charge is -2.26. The minimum absolute atomic E-state index is 0.112. The van der Waals surface area contributed by atoms with Crippen molar-refractivity contribution in [1.29, 1.82) is 0 Å².